The summed E-state index contributed by atoms with van der Waals surface area (Å²) in [6.07, 6.45) is 6.05. The fraction of sp³-hybridized carbons (Fsp3) is 0.389. The summed E-state index contributed by atoms with van der Waals surface area (Å²) in [5.41, 5.74) is 1.12. The van der Waals surface area contributed by atoms with Gasteiger partial charge in [0, 0.05) is 43.1 Å². The zero-order valence-corrected chi connectivity index (χ0v) is 14.3. The molecule has 0 N–H and O–H groups in total. The maximum Gasteiger partial charge on any atom is 0.246 e. The number of hydrogen-bond acceptors (Lipinski definition) is 5. The molecular weight excluding hydrogens is 320 g/mol. The van der Waals surface area contributed by atoms with Crippen LogP contribution < -0.4 is 4.90 Å². The highest BCUT2D eigenvalue weighted by molar-refractivity contribution is 7.10. The van der Waals surface area contributed by atoms with Crippen LogP contribution in [0.1, 0.15) is 29.3 Å². The first-order chi connectivity index (χ1) is 11.8. The molecule has 1 saturated heterocycles. The molecule has 0 aromatic carbocycles. The second-order valence-corrected chi connectivity index (χ2v) is 7.23. The van der Waals surface area contributed by atoms with Crippen molar-refractivity contribution in [2.45, 2.75) is 18.8 Å². The van der Waals surface area contributed by atoms with Crippen molar-refractivity contribution in [3.8, 4) is 0 Å². The van der Waals surface area contributed by atoms with Crippen molar-refractivity contribution in [3.63, 3.8) is 0 Å². The molecule has 2 aromatic rings. The summed E-state index contributed by atoms with van der Waals surface area (Å²) >= 11 is 1.64. The monoisotopic (exact) mass is 340 g/mol. The van der Waals surface area contributed by atoms with Gasteiger partial charge in [0.2, 0.25) is 5.91 Å². The number of aromatic nitrogens is 2. The van der Waals surface area contributed by atoms with Gasteiger partial charge < -0.3 is 9.80 Å². The molecule has 0 spiro atoms. The van der Waals surface area contributed by atoms with E-state index >= 15 is 0 Å². The lowest BCUT2D eigenvalue weighted by molar-refractivity contribution is -0.126. The van der Waals surface area contributed by atoms with Crippen LogP contribution in [0.15, 0.2) is 35.7 Å². The quantitative estimate of drug-likeness (QED) is 0.803. The van der Waals surface area contributed by atoms with E-state index < -0.39 is 0 Å². The Labute approximate surface area is 145 Å². The van der Waals surface area contributed by atoms with Crippen LogP contribution in [0.2, 0.25) is 0 Å². The van der Waals surface area contributed by atoms with Crippen molar-refractivity contribution in [1.29, 1.82) is 0 Å². The van der Waals surface area contributed by atoms with E-state index in [2.05, 4.69) is 27.2 Å². The third-order valence-electron chi connectivity index (χ3n) is 4.52. The summed E-state index contributed by atoms with van der Waals surface area (Å²) in [6.45, 7) is 3.05. The maximum absolute atomic E-state index is 12.3. The van der Waals surface area contributed by atoms with Crippen LogP contribution in [-0.4, -0.2) is 47.2 Å². The molecule has 0 atom stereocenters. The summed E-state index contributed by atoms with van der Waals surface area (Å²) in [7, 11) is 0. The lowest BCUT2D eigenvalue weighted by atomic mass is 10.2. The Hall–Kier alpha value is -2.21. The van der Waals surface area contributed by atoms with E-state index in [1.54, 1.807) is 17.4 Å². The largest absolute Gasteiger partial charge is 0.352 e. The topological polar surface area (TPSA) is 49.3 Å². The summed E-state index contributed by atoms with van der Waals surface area (Å²) in [5, 5.41) is 10.7. The van der Waals surface area contributed by atoms with Gasteiger partial charge in [-0.15, -0.1) is 16.4 Å². The second-order valence-electron chi connectivity index (χ2n) is 6.25. The van der Waals surface area contributed by atoms with Crippen molar-refractivity contribution >= 4 is 29.1 Å². The van der Waals surface area contributed by atoms with Gasteiger partial charge in [-0.1, -0.05) is 6.07 Å². The lowest BCUT2D eigenvalue weighted by Gasteiger charge is -2.34. The smallest absolute Gasteiger partial charge is 0.246 e. The first-order valence-electron chi connectivity index (χ1n) is 8.39. The molecular formula is C18H20N4OS. The molecule has 2 aromatic heterocycles. The zero-order chi connectivity index (χ0) is 16.4. The Bertz CT molecular complexity index is 714. The minimum absolute atomic E-state index is 0.0817. The predicted octanol–water partition coefficient (Wildman–Crippen LogP) is 2.78. The molecule has 1 aliphatic carbocycles. The number of thiophene rings is 1. The average molecular weight is 340 g/mol. The van der Waals surface area contributed by atoms with Crippen LogP contribution in [0.4, 0.5) is 5.82 Å². The van der Waals surface area contributed by atoms with Gasteiger partial charge >= 0.3 is 0 Å². The normalized spacial score (nSPS) is 18.3. The van der Waals surface area contributed by atoms with Crippen molar-refractivity contribution in [2.24, 2.45) is 0 Å². The summed E-state index contributed by atoms with van der Waals surface area (Å²) in [6, 6.07) is 8.16. The third kappa shape index (κ3) is 3.48. The Balaban J connectivity index is 1.31. The molecule has 1 amide bonds. The number of anilines is 1. The van der Waals surface area contributed by atoms with E-state index in [-0.39, 0.29) is 5.91 Å². The first-order valence-corrected chi connectivity index (χ1v) is 9.26. The number of hydrogen-bond donors (Lipinski definition) is 0. The lowest BCUT2D eigenvalue weighted by Crippen LogP contribution is -2.48. The van der Waals surface area contributed by atoms with Crippen LogP contribution in [0.3, 0.4) is 0 Å². The molecule has 2 fully saturated rings. The van der Waals surface area contributed by atoms with Crippen LogP contribution in [-0.2, 0) is 4.79 Å². The van der Waals surface area contributed by atoms with E-state index in [0.29, 0.717) is 5.92 Å². The second kappa shape index (κ2) is 6.73. The van der Waals surface area contributed by atoms with Gasteiger partial charge in [0.05, 0.1) is 5.69 Å². The molecule has 124 valence electrons. The molecule has 0 unspecified atom stereocenters. The molecule has 3 heterocycles. The minimum Gasteiger partial charge on any atom is -0.352 e. The molecule has 0 radical (unpaired) electrons. The molecule has 0 bridgehead atoms. The van der Waals surface area contributed by atoms with Gasteiger partial charge in [-0.05, 0) is 42.5 Å². The van der Waals surface area contributed by atoms with Crippen LogP contribution in [0.5, 0.6) is 0 Å². The molecule has 2 aliphatic rings. The van der Waals surface area contributed by atoms with Crippen LogP contribution in [0, 0.1) is 0 Å². The number of carbonyl (C=O) groups excluding carboxylic acids is 1. The third-order valence-corrected chi connectivity index (χ3v) is 5.35. The summed E-state index contributed by atoms with van der Waals surface area (Å²) < 4.78 is 0. The molecule has 4 rings (SSSR count). The molecule has 1 saturated carbocycles. The molecule has 1 aliphatic heterocycles. The van der Waals surface area contributed by atoms with Crippen LogP contribution in [0.25, 0.3) is 6.08 Å². The molecule has 24 heavy (non-hydrogen) atoms. The Morgan fingerprint density at radius 2 is 1.96 bits per heavy atom. The zero-order valence-electron chi connectivity index (χ0n) is 13.5. The highest BCUT2D eigenvalue weighted by atomic mass is 32.1. The van der Waals surface area contributed by atoms with Gasteiger partial charge in [0.1, 0.15) is 0 Å². The van der Waals surface area contributed by atoms with Crippen molar-refractivity contribution in [2.75, 3.05) is 31.1 Å². The van der Waals surface area contributed by atoms with Gasteiger partial charge in [-0.25, -0.2) is 0 Å². The van der Waals surface area contributed by atoms with E-state index in [1.807, 2.05) is 28.5 Å². The van der Waals surface area contributed by atoms with Gasteiger partial charge in [0.15, 0.2) is 5.82 Å². The number of piperazine rings is 1. The number of amides is 1. The fourth-order valence-corrected chi connectivity index (χ4v) is 3.52. The summed E-state index contributed by atoms with van der Waals surface area (Å²) in [4.78, 5) is 17.5. The van der Waals surface area contributed by atoms with Gasteiger partial charge in [0.25, 0.3) is 0 Å². The fourth-order valence-electron chi connectivity index (χ4n) is 2.90. The summed E-state index contributed by atoms with van der Waals surface area (Å²) in [5.74, 6) is 1.63. The van der Waals surface area contributed by atoms with E-state index in [9.17, 15) is 4.79 Å². The Morgan fingerprint density at radius 1 is 1.12 bits per heavy atom. The highest BCUT2D eigenvalue weighted by Gasteiger charge is 2.26. The predicted molar refractivity (Wildman–Crippen MR) is 96.2 cm³/mol. The van der Waals surface area contributed by atoms with Crippen molar-refractivity contribution in [3.05, 3.63) is 46.3 Å². The van der Waals surface area contributed by atoms with E-state index in [0.717, 1.165) is 42.6 Å². The van der Waals surface area contributed by atoms with Crippen molar-refractivity contribution < 1.29 is 4.79 Å². The van der Waals surface area contributed by atoms with Gasteiger partial charge in [-0.2, -0.15) is 5.10 Å². The minimum atomic E-state index is 0.0817. The van der Waals surface area contributed by atoms with Gasteiger partial charge in [-0.3, -0.25) is 4.79 Å². The molecule has 6 heteroatoms. The maximum atomic E-state index is 12.3. The van der Waals surface area contributed by atoms with E-state index in [4.69, 9.17) is 0 Å². The highest BCUT2D eigenvalue weighted by Crippen LogP contribution is 2.38. The van der Waals surface area contributed by atoms with Crippen molar-refractivity contribution in [1.82, 2.24) is 15.1 Å². The number of carbonyl (C=O) groups is 1. The number of nitrogens with zero attached hydrogens (tertiary/aromatic N) is 4. The first kappa shape index (κ1) is 15.3. The SMILES string of the molecule is O=C(/C=C/c1cccs1)N1CCN(c2ccc(C3CC3)nn2)CC1. The molecule has 5 nitrogen and oxygen atoms in total. The Morgan fingerprint density at radius 3 is 2.58 bits per heavy atom. The van der Waals surface area contributed by atoms with Crippen LogP contribution >= 0.6 is 11.3 Å². The number of rotatable bonds is 4. The van der Waals surface area contributed by atoms with E-state index in [1.165, 1.54) is 12.8 Å². The standard InChI is InChI=1S/C18H20N4OS/c23-18(8-5-15-2-1-13-24-15)22-11-9-21(10-12-22)17-7-6-16(19-20-17)14-3-4-14/h1-2,5-8,13-14H,3-4,9-12H2/b8-5+. The Kier molecular flexibility index (Phi) is 4.30. The average Bonchev–Trinajstić information content (AvgIpc) is 3.36.